The van der Waals surface area contributed by atoms with Crippen molar-refractivity contribution >= 4 is 5.97 Å². The van der Waals surface area contributed by atoms with Crippen LogP contribution in [0.25, 0.3) is 0 Å². The van der Waals surface area contributed by atoms with E-state index in [9.17, 15) is 71.2 Å². The Morgan fingerprint density at radius 3 is 1.79 bits per heavy atom. The van der Waals surface area contributed by atoms with Crippen LogP contribution in [0.4, 0.5) is 0 Å². The summed E-state index contributed by atoms with van der Waals surface area (Å²) in [4.78, 5) is 12.7. The van der Waals surface area contributed by atoms with E-state index in [1.54, 1.807) is 0 Å². The zero-order chi connectivity index (χ0) is 55.7. The molecule has 9 rings (SSSR count). The van der Waals surface area contributed by atoms with E-state index in [0.29, 0.717) is 12.3 Å². The molecule has 29 atom stereocenters. The molecule has 29 unspecified atom stereocenters. The number of carboxylic acids is 1. The van der Waals surface area contributed by atoms with E-state index in [2.05, 4.69) is 61.5 Å². The summed E-state index contributed by atoms with van der Waals surface area (Å²) in [6, 6.07) is 0. The Balaban J connectivity index is 1.02. The molecular formula is C54H88O22. The standard InChI is InChI=1S/C54H88O22/c1-22-31(58)34(61)38(65)45(69-22)76-43-40(73-46-39(66)35(62)32(59)25(20-55)70-46)33(60)26(21-56)71-48(43)75-42-37(64)36(63)41(44(67)68)74-47(42)72-30-13-14-52(7)27(50(30,4)5)12-15-54(9)28(52)11-10-23-24-18-49(2,3)19-29(57)51(24,6)16-17-53(23,54)8/h10,22,24-43,45-48,55-66H,11-21H2,1-9H3,(H,67,68). The van der Waals surface area contributed by atoms with E-state index in [1.807, 2.05) is 0 Å². The van der Waals surface area contributed by atoms with Crippen LogP contribution >= 0.6 is 0 Å². The lowest BCUT2D eigenvalue weighted by molar-refractivity contribution is -0.410. The Kier molecular flexibility index (Phi) is 16.3. The number of ether oxygens (including phenoxy) is 8. The second-order valence-corrected chi connectivity index (χ2v) is 26.6. The molecule has 22 nitrogen and oxygen atoms in total. The largest absolute Gasteiger partial charge is 0.479 e. The van der Waals surface area contributed by atoms with Gasteiger partial charge >= 0.3 is 5.97 Å². The maximum Gasteiger partial charge on any atom is 0.335 e. The van der Waals surface area contributed by atoms with Crippen molar-refractivity contribution in [3.8, 4) is 0 Å². The summed E-state index contributed by atoms with van der Waals surface area (Å²) >= 11 is 0. The van der Waals surface area contributed by atoms with Gasteiger partial charge in [-0.2, -0.15) is 0 Å². The normalized spacial score (nSPS) is 55.0. The van der Waals surface area contributed by atoms with E-state index in [0.717, 1.165) is 51.4 Å². The molecule has 0 aromatic rings. The van der Waals surface area contributed by atoms with Crippen molar-refractivity contribution in [1.82, 2.24) is 0 Å². The van der Waals surface area contributed by atoms with Crippen molar-refractivity contribution < 1.29 is 109 Å². The number of rotatable bonds is 11. The van der Waals surface area contributed by atoms with Gasteiger partial charge in [-0.15, -0.1) is 0 Å². The number of hydrogen-bond donors (Lipinski definition) is 13. The van der Waals surface area contributed by atoms with Gasteiger partial charge in [0.1, 0.15) is 85.5 Å². The number of allylic oxidation sites excluding steroid dienone is 2. The maximum atomic E-state index is 12.7. The Labute approximate surface area is 444 Å². The summed E-state index contributed by atoms with van der Waals surface area (Å²) in [5, 5.41) is 142. The lowest BCUT2D eigenvalue weighted by atomic mass is 9.33. The average Bonchev–Trinajstić information content (AvgIpc) is 3.53. The number of carboxylic acid groups (broad SMARTS) is 1. The van der Waals surface area contributed by atoms with E-state index >= 15 is 0 Å². The SMILES string of the molecule is CC1OC(OC2C(OC3C(OC4CCC5(C)C(CCC6(C)C5CC=C5C7CC(C)(C)CC(O)C7(C)CCC56C)C4(C)C)OC(C(=O)O)C(O)C3O)OC(CO)C(O)C2OC2OC(CO)C(O)C(O)C2O)C(O)C(O)C1O. The molecule has 13 N–H and O–H groups in total. The predicted octanol–water partition coefficient (Wildman–Crippen LogP) is -0.444. The molecule has 0 amide bonds. The van der Waals surface area contributed by atoms with Crippen LogP contribution in [0.3, 0.4) is 0 Å². The Morgan fingerprint density at radius 2 is 1.14 bits per heavy atom. The van der Waals surface area contributed by atoms with Crippen LogP contribution in [0.2, 0.25) is 0 Å². The van der Waals surface area contributed by atoms with Gasteiger partial charge in [-0.1, -0.05) is 67.0 Å². The van der Waals surface area contributed by atoms with Crippen LogP contribution in [-0.2, 0) is 42.7 Å². The molecule has 4 saturated carbocycles. The highest BCUT2D eigenvalue weighted by Crippen LogP contribution is 2.76. The number of hydrogen-bond acceptors (Lipinski definition) is 21. The van der Waals surface area contributed by atoms with Gasteiger partial charge in [-0.05, 0) is 110 Å². The summed E-state index contributed by atoms with van der Waals surface area (Å²) in [7, 11) is 0. The highest BCUT2D eigenvalue weighted by molar-refractivity contribution is 5.73. The van der Waals surface area contributed by atoms with Gasteiger partial charge in [0.05, 0.1) is 31.5 Å². The van der Waals surface area contributed by atoms with Crippen LogP contribution in [0.1, 0.15) is 120 Å². The highest BCUT2D eigenvalue weighted by Gasteiger charge is 2.69. The first-order chi connectivity index (χ1) is 35.4. The number of aliphatic hydroxyl groups is 12. The summed E-state index contributed by atoms with van der Waals surface area (Å²) < 4.78 is 49.1. The first kappa shape index (κ1) is 59.0. The van der Waals surface area contributed by atoms with Crippen LogP contribution in [0.15, 0.2) is 11.6 Å². The third kappa shape index (κ3) is 9.47. The molecule has 0 radical (unpaired) electrons. The molecule has 4 saturated heterocycles. The van der Waals surface area contributed by atoms with E-state index in [-0.39, 0.29) is 45.0 Å². The van der Waals surface area contributed by atoms with Crippen molar-refractivity contribution in [3.63, 3.8) is 0 Å². The van der Waals surface area contributed by atoms with Gasteiger partial charge in [0.15, 0.2) is 31.3 Å². The van der Waals surface area contributed by atoms with Gasteiger partial charge in [0.25, 0.3) is 0 Å². The molecule has 0 aromatic heterocycles. The zero-order valence-corrected chi connectivity index (χ0v) is 45.3. The molecule has 8 fully saturated rings. The molecule has 0 bridgehead atoms. The fraction of sp³-hybridized carbons (Fsp3) is 0.944. The van der Waals surface area contributed by atoms with Crippen LogP contribution in [0.5, 0.6) is 0 Å². The Hall–Kier alpha value is -1.59. The monoisotopic (exact) mass is 1090 g/mol. The minimum Gasteiger partial charge on any atom is -0.479 e. The molecule has 436 valence electrons. The molecule has 4 aliphatic heterocycles. The molecule has 22 heteroatoms. The second-order valence-electron chi connectivity index (χ2n) is 26.6. The highest BCUT2D eigenvalue weighted by atomic mass is 16.8. The first-order valence-corrected chi connectivity index (χ1v) is 27.6. The molecule has 5 aliphatic carbocycles. The molecule has 0 spiro atoms. The molecule has 76 heavy (non-hydrogen) atoms. The number of aliphatic carboxylic acids is 1. The third-order valence-corrected chi connectivity index (χ3v) is 21.5. The van der Waals surface area contributed by atoms with Crippen molar-refractivity contribution in [1.29, 1.82) is 0 Å². The topological polar surface area (TPSA) is 354 Å². The minimum atomic E-state index is -2.13. The smallest absolute Gasteiger partial charge is 0.335 e. The predicted molar refractivity (Wildman–Crippen MR) is 262 cm³/mol. The Bertz CT molecular complexity index is 2110. The summed E-state index contributed by atoms with van der Waals surface area (Å²) in [5.74, 6) is -0.959. The van der Waals surface area contributed by atoms with Crippen LogP contribution < -0.4 is 0 Å². The summed E-state index contributed by atoms with van der Waals surface area (Å²) in [5.41, 5.74) is 0.392. The fourth-order valence-corrected chi connectivity index (χ4v) is 16.6. The summed E-state index contributed by atoms with van der Waals surface area (Å²) in [6.07, 6.45) is -27.7. The second kappa shape index (κ2) is 21.0. The number of carbonyl (C=O) groups is 1. The molecule has 4 heterocycles. The quantitative estimate of drug-likeness (QED) is 0.0921. The van der Waals surface area contributed by atoms with E-state index in [4.69, 9.17) is 37.9 Å². The van der Waals surface area contributed by atoms with E-state index < -0.39 is 154 Å². The average molecular weight is 1090 g/mol. The van der Waals surface area contributed by atoms with E-state index in [1.165, 1.54) is 12.5 Å². The third-order valence-electron chi connectivity index (χ3n) is 21.5. The maximum absolute atomic E-state index is 12.7. The van der Waals surface area contributed by atoms with Crippen molar-refractivity contribution in [3.05, 3.63) is 11.6 Å². The van der Waals surface area contributed by atoms with Gasteiger partial charge in [-0.25, -0.2) is 4.79 Å². The van der Waals surface area contributed by atoms with Gasteiger partial charge in [0, 0.05) is 5.41 Å². The minimum absolute atomic E-state index is 0.0106. The lowest BCUT2D eigenvalue weighted by Crippen LogP contribution is -2.69. The van der Waals surface area contributed by atoms with Crippen LogP contribution in [0, 0.1) is 50.2 Å². The molecular weight excluding hydrogens is 1000 g/mol. The van der Waals surface area contributed by atoms with Gasteiger partial charge in [0.2, 0.25) is 0 Å². The van der Waals surface area contributed by atoms with Gasteiger partial charge < -0.3 is 104 Å². The number of aliphatic hydroxyl groups excluding tert-OH is 12. The van der Waals surface area contributed by atoms with Crippen molar-refractivity contribution in [2.45, 2.75) is 255 Å². The van der Waals surface area contributed by atoms with Crippen molar-refractivity contribution in [2.24, 2.45) is 50.2 Å². The van der Waals surface area contributed by atoms with Crippen molar-refractivity contribution in [2.75, 3.05) is 13.2 Å². The fourth-order valence-electron chi connectivity index (χ4n) is 16.6. The van der Waals surface area contributed by atoms with Gasteiger partial charge in [-0.3, -0.25) is 0 Å². The first-order valence-electron chi connectivity index (χ1n) is 27.6. The zero-order valence-electron chi connectivity index (χ0n) is 45.3. The summed E-state index contributed by atoms with van der Waals surface area (Å²) in [6.45, 7) is 18.0. The number of fused-ring (bicyclic) bond motifs is 7. The van der Waals surface area contributed by atoms with Crippen LogP contribution in [-0.4, -0.2) is 221 Å². The molecule has 0 aromatic carbocycles. The Morgan fingerprint density at radius 1 is 0.566 bits per heavy atom. The molecule has 9 aliphatic rings. The lowest BCUT2D eigenvalue weighted by Gasteiger charge is -2.71.